The van der Waals surface area contributed by atoms with Gasteiger partial charge in [-0.25, -0.2) is 8.42 Å². The number of hydrogen-bond acceptors (Lipinski definition) is 5. The van der Waals surface area contributed by atoms with Crippen LogP contribution in [0.4, 0.5) is 5.69 Å². The lowest BCUT2D eigenvalue weighted by molar-refractivity contribution is -0.136. The molecule has 0 saturated carbocycles. The zero-order valence-corrected chi connectivity index (χ0v) is 15.2. The molecule has 0 bridgehead atoms. The van der Waals surface area contributed by atoms with E-state index in [-0.39, 0.29) is 18.3 Å². The molecule has 0 unspecified atom stereocenters. The van der Waals surface area contributed by atoms with Gasteiger partial charge in [-0.15, -0.1) is 12.4 Å². The van der Waals surface area contributed by atoms with E-state index in [1.54, 1.807) is 24.3 Å². The number of benzene rings is 1. The van der Waals surface area contributed by atoms with Gasteiger partial charge < -0.3 is 15.8 Å². The van der Waals surface area contributed by atoms with Crippen LogP contribution in [0.25, 0.3) is 0 Å². The first kappa shape index (κ1) is 20.7. The summed E-state index contributed by atoms with van der Waals surface area (Å²) in [4.78, 5) is 12.4. The standard InChI is InChI=1S/C15H23N3O4S.ClH/c1-23(20,21)18-13-4-2-12(3-5-13)10-17-14(19)15(11-16)6-8-22-9-7-15;/h2-5,18H,6-11,16H2,1H3,(H,17,19);1H. The van der Waals surface area contributed by atoms with Gasteiger partial charge in [0.25, 0.3) is 0 Å². The van der Waals surface area contributed by atoms with Gasteiger partial charge in [-0.2, -0.15) is 0 Å². The second kappa shape index (κ2) is 8.66. The Bertz CT molecular complexity index is 643. The molecule has 2 rings (SSSR count). The molecule has 1 saturated heterocycles. The molecular formula is C15H24ClN3O4S. The van der Waals surface area contributed by atoms with E-state index in [0.717, 1.165) is 11.8 Å². The van der Waals surface area contributed by atoms with E-state index in [2.05, 4.69) is 10.0 Å². The third kappa shape index (κ3) is 5.62. The van der Waals surface area contributed by atoms with E-state index in [4.69, 9.17) is 10.5 Å². The number of ether oxygens (including phenoxy) is 1. The summed E-state index contributed by atoms with van der Waals surface area (Å²) in [5.41, 5.74) is 6.64. The molecule has 7 nitrogen and oxygen atoms in total. The lowest BCUT2D eigenvalue weighted by atomic mass is 9.79. The highest BCUT2D eigenvalue weighted by molar-refractivity contribution is 7.92. The monoisotopic (exact) mass is 377 g/mol. The molecule has 9 heteroatoms. The number of halogens is 1. The number of carbonyl (C=O) groups is 1. The summed E-state index contributed by atoms with van der Waals surface area (Å²) in [6.45, 7) is 1.78. The third-order valence-electron chi connectivity index (χ3n) is 4.03. The predicted octanol–water partition coefficient (Wildman–Crippen LogP) is 0.852. The molecule has 136 valence electrons. The fourth-order valence-corrected chi connectivity index (χ4v) is 3.12. The number of nitrogens with one attached hydrogen (secondary N) is 2. The minimum absolute atomic E-state index is 0. The van der Waals surface area contributed by atoms with Crippen LogP contribution in [0.15, 0.2) is 24.3 Å². The Balaban J connectivity index is 0.00000288. The molecule has 0 aromatic heterocycles. The molecule has 1 fully saturated rings. The molecule has 1 amide bonds. The van der Waals surface area contributed by atoms with Crippen LogP contribution in [0, 0.1) is 5.41 Å². The normalized spacial score (nSPS) is 16.8. The van der Waals surface area contributed by atoms with E-state index in [1.165, 1.54) is 0 Å². The maximum atomic E-state index is 12.4. The average Bonchev–Trinajstić information content (AvgIpc) is 2.53. The second-order valence-corrected chi connectivity index (χ2v) is 7.60. The predicted molar refractivity (Wildman–Crippen MR) is 95.5 cm³/mol. The molecule has 0 spiro atoms. The Labute approximate surface area is 148 Å². The maximum Gasteiger partial charge on any atom is 0.229 e. The van der Waals surface area contributed by atoms with Crippen LogP contribution in [0.3, 0.4) is 0 Å². The van der Waals surface area contributed by atoms with Gasteiger partial charge in [-0.3, -0.25) is 9.52 Å². The molecule has 1 aromatic carbocycles. The zero-order chi connectivity index (χ0) is 16.9. The van der Waals surface area contributed by atoms with Crippen LogP contribution < -0.4 is 15.8 Å². The quantitative estimate of drug-likeness (QED) is 0.680. The SMILES string of the molecule is CS(=O)(=O)Nc1ccc(CNC(=O)C2(CN)CCOCC2)cc1.Cl. The lowest BCUT2D eigenvalue weighted by Gasteiger charge is -2.34. The highest BCUT2D eigenvalue weighted by Gasteiger charge is 2.38. The molecule has 1 aliphatic heterocycles. The average molecular weight is 378 g/mol. The van der Waals surface area contributed by atoms with Crippen LogP contribution in [0.5, 0.6) is 0 Å². The van der Waals surface area contributed by atoms with Gasteiger partial charge in [0, 0.05) is 32.0 Å². The van der Waals surface area contributed by atoms with Gasteiger partial charge in [0.2, 0.25) is 15.9 Å². The summed E-state index contributed by atoms with van der Waals surface area (Å²) >= 11 is 0. The van der Waals surface area contributed by atoms with E-state index >= 15 is 0 Å². The number of sulfonamides is 1. The summed E-state index contributed by atoms with van der Waals surface area (Å²) in [7, 11) is -3.29. The largest absolute Gasteiger partial charge is 0.381 e. The van der Waals surface area contributed by atoms with Crippen molar-refractivity contribution in [3.8, 4) is 0 Å². The fraction of sp³-hybridized carbons (Fsp3) is 0.533. The van der Waals surface area contributed by atoms with E-state index in [9.17, 15) is 13.2 Å². The first-order valence-corrected chi connectivity index (χ1v) is 9.37. The van der Waals surface area contributed by atoms with Crippen molar-refractivity contribution >= 4 is 34.0 Å². The van der Waals surface area contributed by atoms with E-state index < -0.39 is 15.4 Å². The van der Waals surface area contributed by atoms with Crippen LogP contribution in [-0.4, -0.2) is 40.3 Å². The van der Waals surface area contributed by atoms with Gasteiger partial charge in [0.1, 0.15) is 0 Å². The number of hydrogen-bond donors (Lipinski definition) is 3. The smallest absolute Gasteiger partial charge is 0.229 e. The molecule has 1 aliphatic rings. The summed E-state index contributed by atoms with van der Waals surface area (Å²) in [5, 5.41) is 2.91. The number of amides is 1. The van der Waals surface area contributed by atoms with Crippen molar-refractivity contribution in [1.29, 1.82) is 0 Å². The summed E-state index contributed by atoms with van der Waals surface area (Å²) < 4.78 is 30.0. The Morgan fingerprint density at radius 2 is 1.83 bits per heavy atom. The summed E-state index contributed by atoms with van der Waals surface area (Å²) in [6, 6.07) is 6.87. The molecule has 1 aromatic rings. The van der Waals surface area contributed by atoms with Crippen molar-refractivity contribution in [3.63, 3.8) is 0 Å². The number of anilines is 1. The van der Waals surface area contributed by atoms with Gasteiger partial charge in [0.05, 0.1) is 11.7 Å². The molecule has 1 heterocycles. The van der Waals surface area contributed by atoms with Crippen LogP contribution >= 0.6 is 12.4 Å². The van der Waals surface area contributed by atoms with Crippen LogP contribution in [-0.2, 0) is 26.1 Å². The highest BCUT2D eigenvalue weighted by Crippen LogP contribution is 2.29. The minimum Gasteiger partial charge on any atom is -0.381 e. The van der Waals surface area contributed by atoms with Gasteiger partial charge in [0.15, 0.2) is 0 Å². The van der Waals surface area contributed by atoms with Crippen molar-refractivity contribution in [2.45, 2.75) is 19.4 Å². The van der Waals surface area contributed by atoms with Crippen LogP contribution in [0.2, 0.25) is 0 Å². The van der Waals surface area contributed by atoms with Gasteiger partial charge >= 0.3 is 0 Å². The molecule has 4 N–H and O–H groups in total. The summed E-state index contributed by atoms with van der Waals surface area (Å²) in [6.07, 6.45) is 2.36. The second-order valence-electron chi connectivity index (χ2n) is 5.85. The first-order chi connectivity index (χ1) is 10.8. The first-order valence-electron chi connectivity index (χ1n) is 7.47. The van der Waals surface area contributed by atoms with E-state index in [0.29, 0.717) is 44.8 Å². The Morgan fingerprint density at radius 3 is 2.33 bits per heavy atom. The molecule has 0 radical (unpaired) electrons. The summed E-state index contributed by atoms with van der Waals surface area (Å²) in [5.74, 6) is -0.0540. The maximum absolute atomic E-state index is 12.4. The van der Waals surface area contributed by atoms with Crippen LogP contribution in [0.1, 0.15) is 18.4 Å². The van der Waals surface area contributed by atoms with Gasteiger partial charge in [-0.1, -0.05) is 12.1 Å². The topological polar surface area (TPSA) is 111 Å². The molecule has 24 heavy (non-hydrogen) atoms. The van der Waals surface area contributed by atoms with Crippen molar-refractivity contribution in [3.05, 3.63) is 29.8 Å². The Kier molecular flexibility index (Phi) is 7.47. The van der Waals surface area contributed by atoms with Gasteiger partial charge in [-0.05, 0) is 30.5 Å². The Hall–Kier alpha value is -1.35. The minimum atomic E-state index is -3.29. The number of carbonyl (C=O) groups excluding carboxylic acids is 1. The number of rotatable bonds is 6. The molecule has 0 aliphatic carbocycles. The van der Waals surface area contributed by atoms with Crippen molar-refractivity contribution in [2.24, 2.45) is 11.1 Å². The third-order valence-corrected chi connectivity index (χ3v) is 4.64. The van der Waals surface area contributed by atoms with Crippen molar-refractivity contribution < 1.29 is 17.9 Å². The lowest BCUT2D eigenvalue weighted by Crippen LogP contribution is -2.48. The molecule has 0 atom stereocenters. The van der Waals surface area contributed by atoms with Crippen molar-refractivity contribution in [2.75, 3.05) is 30.7 Å². The highest BCUT2D eigenvalue weighted by atomic mass is 35.5. The molecular weight excluding hydrogens is 354 g/mol. The fourth-order valence-electron chi connectivity index (χ4n) is 2.56. The Morgan fingerprint density at radius 1 is 1.25 bits per heavy atom. The number of nitrogens with two attached hydrogens (primary N) is 1. The zero-order valence-electron chi connectivity index (χ0n) is 13.6. The van der Waals surface area contributed by atoms with E-state index in [1.807, 2.05) is 0 Å². The van der Waals surface area contributed by atoms with Crippen molar-refractivity contribution in [1.82, 2.24) is 5.32 Å².